The molecule has 2 rings (SSSR count). The van der Waals surface area contributed by atoms with E-state index in [4.69, 9.17) is 28.9 Å². The molecule has 0 unspecified atom stereocenters. The molecule has 0 amide bonds. The fourth-order valence-corrected chi connectivity index (χ4v) is 4.18. The van der Waals surface area contributed by atoms with Gasteiger partial charge in [-0.05, 0) is 23.6 Å². The highest BCUT2D eigenvalue weighted by Crippen LogP contribution is 2.34. The number of nitrogens with one attached hydrogen (secondary N) is 1. The monoisotopic (exact) mass is 322 g/mol. The number of halogens is 2. The molecule has 0 spiro atoms. The maximum Gasteiger partial charge on any atom is 0.264 e. The summed E-state index contributed by atoms with van der Waals surface area (Å²) in [5, 5.41) is 3.36. The highest BCUT2D eigenvalue weighted by molar-refractivity contribution is 7.93. The van der Waals surface area contributed by atoms with E-state index in [0.29, 0.717) is 5.69 Å². The van der Waals surface area contributed by atoms with Crippen LogP contribution in [-0.4, -0.2) is 8.42 Å². The maximum absolute atomic E-state index is 12.2. The van der Waals surface area contributed by atoms with Crippen molar-refractivity contribution in [2.45, 2.75) is 4.90 Å². The first-order chi connectivity index (χ1) is 8.42. The minimum atomic E-state index is -3.85. The largest absolute Gasteiger partial charge is 0.397 e. The van der Waals surface area contributed by atoms with Gasteiger partial charge in [-0.2, -0.15) is 11.3 Å². The molecule has 0 radical (unpaired) electrons. The van der Waals surface area contributed by atoms with Crippen molar-refractivity contribution in [2.24, 2.45) is 0 Å². The van der Waals surface area contributed by atoms with Crippen LogP contribution >= 0.6 is 34.5 Å². The van der Waals surface area contributed by atoms with Crippen LogP contribution < -0.4 is 10.5 Å². The number of thiophene rings is 1. The molecule has 0 bridgehead atoms. The summed E-state index contributed by atoms with van der Waals surface area (Å²) in [5.41, 5.74) is 6.19. The Kier molecular flexibility index (Phi) is 3.72. The van der Waals surface area contributed by atoms with Gasteiger partial charge in [0.15, 0.2) is 0 Å². The molecule has 4 nitrogen and oxygen atoms in total. The molecule has 96 valence electrons. The summed E-state index contributed by atoms with van der Waals surface area (Å²) in [6.07, 6.45) is 0. The topological polar surface area (TPSA) is 72.2 Å². The Morgan fingerprint density at radius 3 is 2.56 bits per heavy atom. The predicted molar refractivity (Wildman–Crippen MR) is 76.0 cm³/mol. The second kappa shape index (κ2) is 4.97. The van der Waals surface area contributed by atoms with Gasteiger partial charge in [-0.25, -0.2) is 8.42 Å². The SMILES string of the molecule is Nc1ccc(Cl)c(S(=O)(=O)Nc2ccsc2)c1Cl. The molecule has 8 heteroatoms. The Balaban J connectivity index is 2.51. The molecule has 0 aliphatic carbocycles. The van der Waals surface area contributed by atoms with Gasteiger partial charge in [0.25, 0.3) is 10.0 Å². The van der Waals surface area contributed by atoms with Crippen molar-refractivity contribution < 1.29 is 8.42 Å². The molecule has 3 N–H and O–H groups in total. The van der Waals surface area contributed by atoms with Gasteiger partial charge in [-0.3, -0.25) is 4.72 Å². The summed E-state index contributed by atoms with van der Waals surface area (Å²) >= 11 is 13.1. The highest BCUT2D eigenvalue weighted by Gasteiger charge is 2.23. The van der Waals surface area contributed by atoms with Crippen LogP contribution in [-0.2, 0) is 10.0 Å². The molecule has 2 aromatic rings. The molecule has 0 atom stereocenters. The average molecular weight is 323 g/mol. The maximum atomic E-state index is 12.2. The Morgan fingerprint density at radius 2 is 1.94 bits per heavy atom. The fraction of sp³-hybridized carbons (Fsp3) is 0. The second-order valence-electron chi connectivity index (χ2n) is 3.40. The van der Waals surface area contributed by atoms with E-state index in [1.807, 2.05) is 0 Å². The summed E-state index contributed by atoms with van der Waals surface area (Å²) in [6, 6.07) is 4.48. The standard InChI is InChI=1S/C10H8Cl2N2O2S2/c11-7-1-2-8(13)9(12)10(7)18(15,16)14-6-3-4-17-5-6/h1-5,14H,13H2. The van der Waals surface area contributed by atoms with Gasteiger partial charge < -0.3 is 5.73 Å². The van der Waals surface area contributed by atoms with Gasteiger partial charge in [0.1, 0.15) is 4.90 Å². The van der Waals surface area contributed by atoms with Gasteiger partial charge in [0.2, 0.25) is 0 Å². The minimum Gasteiger partial charge on any atom is -0.397 e. The van der Waals surface area contributed by atoms with E-state index >= 15 is 0 Å². The molecule has 0 fully saturated rings. The molecule has 1 aromatic carbocycles. The van der Waals surface area contributed by atoms with Gasteiger partial charge >= 0.3 is 0 Å². The first-order valence-electron chi connectivity index (χ1n) is 4.70. The van der Waals surface area contributed by atoms with Crippen molar-refractivity contribution in [3.63, 3.8) is 0 Å². The van der Waals surface area contributed by atoms with Crippen molar-refractivity contribution in [2.75, 3.05) is 10.5 Å². The van der Waals surface area contributed by atoms with E-state index in [9.17, 15) is 8.42 Å². The Morgan fingerprint density at radius 1 is 1.22 bits per heavy atom. The van der Waals surface area contributed by atoms with Crippen molar-refractivity contribution >= 4 is 55.9 Å². The Hall–Kier alpha value is -0.950. The van der Waals surface area contributed by atoms with E-state index in [2.05, 4.69) is 4.72 Å². The lowest BCUT2D eigenvalue weighted by Crippen LogP contribution is -2.14. The van der Waals surface area contributed by atoms with E-state index in [-0.39, 0.29) is 20.6 Å². The van der Waals surface area contributed by atoms with Crippen LogP contribution in [0, 0.1) is 0 Å². The van der Waals surface area contributed by atoms with Crippen LogP contribution in [0.1, 0.15) is 0 Å². The fourth-order valence-electron chi connectivity index (χ4n) is 1.32. The van der Waals surface area contributed by atoms with Crippen LogP contribution in [0.5, 0.6) is 0 Å². The van der Waals surface area contributed by atoms with Gasteiger partial charge in [-0.1, -0.05) is 23.2 Å². The van der Waals surface area contributed by atoms with E-state index < -0.39 is 10.0 Å². The summed E-state index contributed by atoms with van der Waals surface area (Å²) in [4.78, 5) is -0.211. The molecule has 1 heterocycles. The van der Waals surface area contributed by atoms with Gasteiger partial charge in [0.05, 0.1) is 21.4 Å². The summed E-state index contributed by atoms with van der Waals surface area (Å²) in [7, 11) is -3.85. The number of nitrogens with two attached hydrogens (primary N) is 1. The molecular formula is C10H8Cl2N2O2S2. The van der Waals surface area contributed by atoms with E-state index in [1.165, 1.54) is 23.5 Å². The predicted octanol–water partition coefficient (Wildman–Crippen LogP) is 3.44. The first-order valence-corrected chi connectivity index (χ1v) is 7.88. The lowest BCUT2D eigenvalue weighted by Gasteiger charge is -2.11. The van der Waals surface area contributed by atoms with Crippen LogP contribution in [0.3, 0.4) is 0 Å². The van der Waals surface area contributed by atoms with Gasteiger partial charge in [0, 0.05) is 5.38 Å². The van der Waals surface area contributed by atoms with Crippen LogP contribution in [0.15, 0.2) is 33.9 Å². The molecule has 1 aromatic heterocycles. The molecule has 0 aliphatic heterocycles. The molecule has 0 aliphatic rings. The lowest BCUT2D eigenvalue weighted by molar-refractivity contribution is 0.601. The summed E-state index contributed by atoms with van der Waals surface area (Å²) < 4.78 is 26.7. The summed E-state index contributed by atoms with van der Waals surface area (Å²) in [5.74, 6) is 0. The minimum absolute atomic E-state index is 0.0249. The zero-order valence-electron chi connectivity index (χ0n) is 8.85. The molecule has 0 saturated heterocycles. The number of anilines is 2. The molecule has 18 heavy (non-hydrogen) atoms. The van der Waals surface area contributed by atoms with Crippen molar-refractivity contribution in [1.82, 2.24) is 0 Å². The third-order valence-corrected chi connectivity index (χ3v) is 5.22. The van der Waals surface area contributed by atoms with Crippen LogP contribution in [0.25, 0.3) is 0 Å². The number of hydrogen-bond acceptors (Lipinski definition) is 4. The summed E-state index contributed by atoms with van der Waals surface area (Å²) in [6.45, 7) is 0. The van der Waals surface area contributed by atoms with Crippen molar-refractivity contribution in [1.29, 1.82) is 0 Å². The number of rotatable bonds is 3. The zero-order valence-corrected chi connectivity index (χ0v) is 12.0. The van der Waals surface area contributed by atoms with Crippen LogP contribution in [0.4, 0.5) is 11.4 Å². The lowest BCUT2D eigenvalue weighted by atomic mass is 10.3. The number of hydrogen-bond donors (Lipinski definition) is 2. The average Bonchev–Trinajstić information content (AvgIpc) is 2.75. The molecule has 0 saturated carbocycles. The normalized spacial score (nSPS) is 11.4. The number of nitrogen functional groups attached to an aromatic ring is 1. The Bertz CT molecular complexity index is 669. The van der Waals surface area contributed by atoms with E-state index in [0.717, 1.165) is 0 Å². The highest BCUT2D eigenvalue weighted by atomic mass is 35.5. The first kappa shape index (κ1) is 13.5. The van der Waals surface area contributed by atoms with Crippen LogP contribution in [0.2, 0.25) is 10.0 Å². The third kappa shape index (κ3) is 2.56. The number of sulfonamides is 1. The van der Waals surface area contributed by atoms with Crippen molar-refractivity contribution in [3.05, 3.63) is 39.0 Å². The van der Waals surface area contributed by atoms with Crippen molar-refractivity contribution in [3.8, 4) is 0 Å². The number of benzene rings is 1. The zero-order chi connectivity index (χ0) is 13.3. The van der Waals surface area contributed by atoms with Gasteiger partial charge in [-0.15, -0.1) is 0 Å². The molecular weight excluding hydrogens is 315 g/mol. The quantitative estimate of drug-likeness (QED) is 0.850. The third-order valence-electron chi connectivity index (χ3n) is 2.12. The smallest absolute Gasteiger partial charge is 0.264 e. The Labute approximate surface area is 118 Å². The second-order valence-corrected chi connectivity index (χ2v) is 6.58. The van der Waals surface area contributed by atoms with E-state index in [1.54, 1.807) is 16.8 Å².